The number of phenols is 1. The van der Waals surface area contributed by atoms with Crippen LogP contribution in [-0.2, 0) is 0 Å². The number of aromatic hydroxyl groups is 1. The molecule has 0 aliphatic carbocycles. The Morgan fingerprint density at radius 1 is 1.50 bits per heavy atom. The van der Waals surface area contributed by atoms with Crippen LogP contribution in [0.1, 0.15) is 37.8 Å². The van der Waals surface area contributed by atoms with Gasteiger partial charge in [-0.3, -0.25) is 4.90 Å². The first-order chi connectivity index (χ1) is 9.61. The molecule has 2 unspecified atom stereocenters. The average Bonchev–Trinajstić information content (AvgIpc) is 2.44. The number of nitrogens with zero attached hydrogens (tertiary/aromatic N) is 1. The van der Waals surface area contributed by atoms with Crippen molar-refractivity contribution in [3.05, 3.63) is 28.2 Å². The fourth-order valence-electron chi connectivity index (χ4n) is 3.18. The maximum absolute atomic E-state index is 10.1. The van der Waals surface area contributed by atoms with Crippen molar-refractivity contribution in [3.8, 4) is 5.75 Å². The van der Waals surface area contributed by atoms with Crippen molar-refractivity contribution in [2.24, 2.45) is 5.92 Å². The number of phenolic OH excluding ortho intramolecular Hbond substituents is 1. The number of nitrogens with one attached hydrogen (secondary N) is 1. The minimum Gasteiger partial charge on any atom is -0.508 e. The van der Waals surface area contributed by atoms with Gasteiger partial charge in [0.1, 0.15) is 5.75 Å². The van der Waals surface area contributed by atoms with Gasteiger partial charge in [0, 0.05) is 22.6 Å². The van der Waals surface area contributed by atoms with E-state index in [0.29, 0.717) is 5.75 Å². The maximum Gasteiger partial charge on any atom is 0.120 e. The lowest BCUT2D eigenvalue weighted by Crippen LogP contribution is -2.38. The zero-order valence-corrected chi connectivity index (χ0v) is 14.0. The Labute approximate surface area is 130 Å². The molecule has 2 N–H and O–H groups in total. The minimum absolute atomic E-state index is 0.273. The van der Waals surface area contributed by atoms with Crippen molar-refractivity contribution >= 4 is 15.9 Å². The molecule has 2 rings (SSSR count). The Balaban J connectivity index is 2.07. The van der Waals surface area contributed by atoms with Crippen LogP contribution in [0.15, 0.2) is 22.7 Å². The lowest BCUT2D eigenvalue weighted by molar-refractivity contribution is 0.182. The highest BCUT2D eigenvalue weighted by Crippen LogP contribution is 2.33. The SMILES string of the molecule is CCC(c1cc(Br)ccc1O)N(C)CC1CCCNC1. The van der Waals surface area contributed by atoms with Crippen LogP contribution in [0.2, 0.25) is 0 Å². The minimum atomic E-state index is 0.273. The molecule has 0 aromatic heterocycles. The molecule has 1 heterocycles. The second kappa shape index (κ2) is 7.43. The van der Waals surface area contributed by atoms with Gasteiger partial charge in [0.05, 0.1) is 0 Å². The summed E-state index contributed by atoms with van der Waals surface area (Å²) in [6.07, 6.45) is 3.58. The molecule has 1 aromatic carbocycles. The Hall–Kier alpha value is -0.580. The molecule has 4 heteroatoms. The van der Waals surface area contributed by atoms with Crippen LogP contribution in [0.4, 0.5) is 0 Å². The van der Waals surface area contributed by atoms with Gasteiger partial charge in [-0.15, -0.1) is 0 Å². The van der Waals surface area contributed by atoms with Gasteiger partial charge in [-0.05, 0) is 63.5 Å². The van der Waals surface area contributed by atoms with E-state index in [1.807, 2.05) is 12.1 Å². The second-order valence-corrected chi connectivity index (χ2v) is 6.69. The third-order valence-electron chi connectivity index (χ3n) is 4.21. The summed E-state index contributed by atoms with van der Waals surface area (Å²) in [7, 11) is 2.17. The molecular formula is C16H25BrN2O. The van der Waals surface area contributed by atoms with Crippen molar-refractivity contribution in [2.45, 2.75) is 32.2 Å². The van der Waals surface area contributed by atoms with Gasteiger partial charge < -0.3 is 10.4 Å². The molecule has 2 atom stereocenters. The van der Waals surface area contributed by atoms with E-state index in [-0.39, 0.29) is 6.04 Å². The van der Waals surface area contributed by atoms with Gasteiger partial charge in [-0.2, -0.15) is 0 Å². The molecule has 20 heavy (non-hydrogen) atoms. The molecule has 0 radical (unpaired) electrons. The second-order valence-electron chi connectivity index (χ2n) is 5.78. The molecule has 0 amide bonds. The summed E-state index contributed by atoms with van der Waals surface area (Å²) in [6, 6.07) is 5.97. The lowest BCUT2D eigenvalue weighted by Gasteiger charge is -2.33. The summed E-state index contributed by atoms with van der Waals surface area (Å²) in [4.78, 5) is 2.39. The van der Waals surface area contributed by atoms with Crippen LogP contribution in [-0.4, -0.2) is 36.7 Å². The van der Waals surface area contributed by atoms with Crippen molar-refractivity contribution < 1.29 is 5.11 Å². The standard InChI is InChI=1S/C16H25BrN2O/c1-3-15(14-9-13(17)6-7-16(14)20)19(2)11-12-5-4-8-18-10-12/h6-7,9,12,15,18,20H,3-5,8,10-11H2,1-2H3. The van der Waals surface area contributed by atoms with Gasteiger partial charge in [0.15, 0.2) is 0 Å². The van der Waals surface area contributed by atoms with Crippen LogP contribution in [0.25, 0.3) is 0 Å². The zero-order chi connectivity index (χ0) is 14.5. The predicted octanol–water partition coefficient (Wildman–Crippen LogP) is 3.54. The first kappa shape index (κ1) is 15.8. The Kier molecular flexibility index (Phi) is 5.87. The van der Waals surface area contributed by atoms with Gasteiger partial charge in [0.25, 0.3) is 0 Å². The molecule has 1 aromatic rings. The van der Waals surface area contributed by atoms with E-state index >= 15 is 0 Å². The van der Waals surface area contributed by atoms with Crippen LogP contribution < -0.4 is 5.32 Å². The van der Waals surface area contributed by atoms with Crippen LogP contribution >= 0.6 is 15.9 Å². The molecule has 1 saturated heterocycles. The molecule has 1 aliphatic rings. The van der Waals surface area contributed by atoms with Crippen molar-refractivity contribution in [2.75, 3.05) is 26.7 Å². The summed E-state index contributed by atoms with van der Waals surface area (Å²) < 4.78 is 1.02. The van der Waals surface area contributed by atoms with E-state index in [9.17, 15) is 5.11 Å². The van der Waals surface area contributed by atoms with Crippen molar-refractivity contribution in [1.82, 2.24) is 10.2 Å². The fourth-order valence-corrected chi connectivity index (χ4v) is 3.55. The van der Waals surface area contributed by atoms with E-state index in [1.165, 1.54) is 12.8 Å². The van der Waals surface area contributed by atoms with E-state index in [2.05, 4.69) is 40.1 Å². The summed E-state index contributed by atoms with van der Waals surface area (Å²) in [5.41, 5.74) is 1.02. The molecule has 112 valence electrons. The molecule has 0 spiro atoms. The van der Waals surface area contributed by atoms with Crippen molar-refractivity contribution in [1.29, 1.82) is 0 Å². The highest BCUT2D eigenvalue weighted by Gasteiger charge is 2.22. The van der Waals surface area contributed by atoms with Crippen LogP contribution in [0.5, 0.6) is 5.75 Å². The van der Waals surface area contributed by atoms with Gasteiger partial charge in [-0.1, -0.05) is 22.9 Å². The largest absolute Gasteiger partial charge is 0.508 e. The van der Waals surface area contributed by atoms with Gasteiger partial charge in [-0.25, -0.2) is 0 Å². The number of piperidine rings is 1. The zero-order valence-electron chi connectivity index (χ0n) is 12.4. The molecule has 1 fully saturated rings. The quantitative estimate of drug-likeness (QED) is 0.860. The van der Waals surface area contributed by atoms with E-state index < -0.39 is 0 Å². The number of hydrogen-bond donors (Lipinski definition) is 2. The summed E-state index contributed by atoms with van der Waals surface area (Å²) in [5.74, 6) is 1.12. The highest BCUT2D eigenvalue weighted by molar-refractivity contribution is 9.10. The van der Waals surface area contributed by atoms with E-state index in [4.69, 9.17) is 0 Å². The number of hydrogen-bond acceptors (Lipinski definition) is 3. The summed E-state index contributed by atoms with van der Waals surface area (Å²) in [5, 5.41) is 13.6. The smallest absolute Gasteiger partial charge is 0.120 e. The third-order valence-corrected chi connectivity index (χ3v) is 4.71. The van der Waals surface area contributed by atoms with Crippen molar-refractivity contribution in [3.63, 3.8) is 0 Å². The van der Waals surface area contributed by atoms with Gasteiger partial charge >= 0.3 is 0 Å². The third kappa shape index (κ3) is 3.96. The molecular weight excluding hydrogens is 316 g/mol. The number of benzene rings is 1. The fraction of sp³-hybridized carbons (Fsp3) is 0.625. The first-order valence-electron chi connectivity index (χ1n) is 7.51. The van der Waals surface area contributed by atoms with Crippen LogP contribution in [0.3, 0.4) is 0 Å². The maximum atomic E-state index is 10.1. The van der Waals surface area contributed by atoms with Gasteiger partial charge in [0.2, 0.25) is 0 Å². The number of rotatable bonds is 5. The Bertz CT molecular complexity index is 432. The van der Waals surface area contributed by atoms with Crippen LogP contribution in [0, 0.1) is 5.92 Å². The molecule has 0 bridgehead atoms. The first-order valence-corrected chi connectivity index (χ1v) is 8.30. The summed E-state index contributed by atoms with van der Waals surface area (Å²) >= 11 is 3.50. The van der Waals surface area contributed by atoms with E-state index in [0.717, 1.165) is 42.0 Å². The Morgan fingerprint density at radius 2 is 2.30 bits per heavy atom. The normalized spacial score (nSPS) is 21.1. The Morgan fingerprint density at radius 3 is 2.95 bits per heavy atom. The topological polar surface area (TPSA) is 35.5 Å². The average molecular weight is 341 g/mol. The number of halogens is 1. The highest BCUT2D eigenvalue weighted by atomic mass is 79.9. The predicted molar refractivity (Wildman–Crippen MR) is 87.1 cm³/mol. The lowest BCUT2D eigenvalue weighted by atomic mass is 9.96. The summed E-state index contributed by atoms with van der Waals surface area (Å²) in [6.45, 7) is 5.53. The molecule has 0 saturated carbocycles. The van der Waals surface area contributed by atoms with E-state index in [1.54, 1.807) is 6.07 Å². The molecule has 1 aliphatic heterocycles. The molecule has 3 nitrogen and oxygen atoms in total. The monoisotopic (exact) mass is 340 g/mol.